The lowest BCUT2D eigenvalue weighted by Gasteiger charge is -2.03. The number of carbonyl (C=O) groups is 1. The first-order chi connectivity index (χ1) is 6.49. The van der Waals surface area contributed by atoms with E-state index in [1.165, 1.54) is 0 Å². The molecule has 0 aromatic heterocycles. The molecule has 1 rings (SSSR count). The summed E-state index contributed by atoms with van der Waals surface area (Å²) in [4.78, 5) is 10.9. The number of carbonyl (C=O) groups excluding carboxylic acids is 1. The van der Waals surface area contributed by atoms with Gasteiger partial charge in [-0.15, -0.1) is 0 Å². The molecule has 0 amide bonds. The minimum Gasteiger partial charge on any atom is -0.324 e. The molecule has 0 bridgehead atoms. The summed E-state index contributed by atoms with van der Waals surface area (Å²) in [7, 11) is 0. The molecule has 0 heterocycles. The SMILES string of the molecule is NCC(=O)c1cc(F)c(F)c(Cl)c1F. The van der Waals surface area contributed by atoms with Gasteiger partial charge in [0.1, 0.15) is 5.02 Å². The first-order valence-corrected chi connectivity index (χ1v) is 3.93. The third kappa shape index (κ3) is 1.73. The van der Waals surface area contributed by atoms with Gasteiger partial charge in [0.2, 0.25) is 0 Å². The zero-order valence-electron chi connectivity index (χ0n) is 6.78. The van der Waals surface area contributed by atoms with Gasteiger partial charge >= 0.3 is 0 Å². The Kier molecular flexibility index (Phi) is 3.13. The van der Waals surface area contributed by atoms with Crippen molar-refractivity contribution in [1.82, 2.24) is 0 Å². The molecule has 0 atom stereocenters. The predicted molar refractivity (Wildman–Crippen MR) is 44.7 cm³/mol. The van der Waals surface area contributed by atoms with E-state index in [1.54, 1.807) is 0 Å². The maximum atomic E-state index is 13.1. The number of hydrogen-bond donors (Lipinski definition) is 1. The molecule has 0 spiro atoms. The van der Waals surface area contributed by atoms with Gasteiger partial charge in [-0.1, -0.05) is 11.6 Å². The van der Waals surface area contributed by atoms with E-state index in [4.69, 9.17) is 17.3 Å². The summed E-state index contributed by atoms with van der Waals surface area (Å²) in [6.45, 7) is -0.502. The van der Waals surface area contributed by atoms with Gasteiger partial charge in [-0.2, -0.15) is 0 Å². The van der Waals surface area contributed by atoms with Gasteiger partial charge in [0.25, 0.3) is 0 Å². The van der Waals surface area contributed by atoms with Crippen LogP contribution in [0.25, 0.3) is 0 Å². The Hall–Kier alpha value is -1.07. The number of benzene rings is 1. The molecule has 0 aliphatic carbocycles. The molecular formula is C8H5ClF3NO. The molecule has 0 aliphatic heterocycles. The molecule has 1 aromatic rings. The third-order valence-electron chi connectivity index (χ3n) is 1.59. The lowest BCUT2D eigenvalue weighted by atomic mass is 10.1. The Morgan fingerprint density at radius 3 is 2.43 bits per heavy atom. The quantitative estimate of drug-likeness (QED) is 0.473. The molecule has 6 heteroatoms. The van der Waals surface area contributed by atoms with Crippen LogP contribution >= 0.6 is 11.6 Å². The smallest absolute Gasteiger partial charge is 0.180 e. The van der Waals surface area contributed by atoms with Crippen LogP contribution in [0.4, 0.5) is 13.2 Å². The van der Waals surface area contributed by atoms with Gasteiger partial charge in [-0.3, -0.25) is 4.79 Å². The van der Waals surface area contributed by atoms with E-state index in [2.05, 4.69) is 0 Å². The minimum absolute atomic E-state index is 0.436. The molecule has 0 unspecified atom stereocenters. The van der Waals surface area contributed by atoms with E-state index < -0.39 is 40.4 Å². The number of rotatable bonds is 2. The van der Waals surface area contributed by atoms with Crippen LogP contribution < -0.4 is 5.73 Å². The summed E-state index contributed by atoms with van der Waals surface area (Å²) in [5, 5.41) is -1.04. The molecule has 14 heavy (non-hydrogen) atoms. The highest BCUT2D eigenvalue weighted by Gasteiger charge is 2.20. The minimum atomic E-state index is -1.52. The molecule has 76 valence electrons. The topological polar surface area (TPSA) is 43.1 Å². The van der Waals surface area contributed by atoms with Crippen molar-refractivity contribution in [2.75, 3.05) is 6.54 Å². The fourth-order valence-electron chi connectivity index (χ4n) is 0.886. The second-order valence-corrected chi connectivity index (χ2v) is 2.85. The van der Waals surface area contributed by atoms with Gasteiger partial charge < -0.3 is 5.73 Å². The Morgan fingerprint density at radius 1 is 1.36 bits per heavy atom. The Bertz CT molecular complexity index is 395. The van der Waals surface area contributed by atoms with Gasteiger partial charge in [-0.25, -0.2) is 13.2 Å². The summed E-state index contributed by atoms with van der Waals surface area (Å²) < 4.78 is 38.4. The van der Waals surface area contributed by atoms with Gasteiger partial charge in [0.15, 0.2) is 23.2 Å². The molecule has 0 saturated carbocycles. The molecule has 0 saturated heterocycles. The highest BCUT2D eigenvalue weighted by atomic mass is 35.5. The zero-order chi connectivity index (χ0) is 10.9. The Labute approximate surface area is 82.5 Å². The lowest BCUT2D eigenvalue weighted by Crippen LogP contribution is -2.16. The summed E-state index contributed by atoms with van der Waals surface area (Å²) in [6.07, 6.45) is 0. The van der Waals surface area contributed by atoms with Crippen LogP contribution in [-0.2, 0) is 0 Å². The maximum absolute atomic E-state index is 13.1. The molecule has 0 radical (unpaired) electrons. The van der Waals surface area contributed by atoms with Gasteiger partial charge in [-0.05, 0) is 6.07 Å². The first-order valence-electron chi connectivity index (χ1n) is 3.55. The van der Waals surface area contributed by atoms with Crippen LogP contribution in [0.5, 0.6) is 0 Å². The van der Waals surface area contributed by atoms with E-state index in [0.717, 1.165) is 0 Å². The average Bonchev–Trinajstić information content (AvgIpc) is 2.19. The van der Waals surface area contributed by atoms with E-state index in [-0.39, 0.29) is 0 Å². The van der Waals surface area contributed by atoms with E-state index >= 15 is 0 Å². The Balaban J connectivity index is 3.40. The third-order valence-corrected chi connectivity index (χ3v) is 1.92. The fraction of sp³-hybridized carbons (Fsp3) is 0.125. The molecule has 0 aliphatic rings. The largest absolute Gasteiger partial charge is 0.324 e. The number of nitrogens with two attached hydrogens (primary N) is 1. The monoisotopic (exact) mass is 223 g/mol. The van der Waals surface area contributed by atoms with Crippen molar-refractivity contribution in [3.63, 3.8) is 0 Å². The van der Waals surface area contributed by atoms with Crippen molar-refractivity contribution in [2.45, 2.75) is 0 Å². The zero-order valence-corrected chi connectivity index (χ0v) is 7.54. The molecule has 2 N–H and O–H groups in total. The van der Waals surface area contributed by atoms with Crippen molar-refractivity contribution >= 4 is 17.4 Å². The van der Waals surface area contributed by atoms with Gasteiger partial charge in [0.05, 0.1) is 12.1 Å². The summed E-state index contributed by atoms with van der Waals surface area (Å²) in [5.74, 6) is -5.03. The second kappa shape index (κ2) is 3.98. The van der Waals surface area contributed by atoms with E-state index in [9.17, 15) is 18.0 Å². The first kappa shape index (κ1) is 11.0. The normalized spacial score (nSPS) is 10.4. The van der Waals surface area contributed by atoms with Crippen molar-refractivity contribution in [2.24, 2.45) is 5.73 Å². The Morgan fingerprint density at radius 2 is 1.93 bits per heavy atom. The lowest BCUT2D eigenvalue weighted by molar-refractivity contribution is 0.0997. The maximum Gasteiger partial charge on any atom is 0.180 e. The van der Waals surface area contributed by atoms with Crippen molar-refractivity contribution in [3.05, 3.63) is 34.1 Å². The number of halogens is 4. The van der Waals surface area contributed by atoms with E-state index in [0.29, 0.717) is 6.07 Å². The molecule has 0 fully saturated rings. The summed E-state index contributed by atoms with van der Waals surface area (Å²) in [6, 6.07) is 0.436. The van der Waals surface area contributed by atoms with Crippen LogP contribution in [0.3, 0.4) is 0 Å². The number of Topliss-reactive ketones (excluding diaryl/α,β-unsaturated/α-hetero) is 1. The highest BCUT2D eigenvalue weighted by molar-refractivity contribution is 6.31. The van der Waals surface area contributed by atoms with Crippen LogP contribution in [0, 0.1) is 17.5 Å². The standard InChI is InChI=1S/C8H5ClF3NO/c9-6-7(11)3(5(14)2-13)1-4(10)8(6)12/h1H,2,13H2. The van der Waals surface area contributed by atoms with Crippen LogP contribution in [0.2, 0.25) is 5.02 Å². The second-order valence-electron chi connectivity index (χ2n) is 2.48. The predicted octanol–water partition coefficient (Wildman–Crippen LogP) is 1.90. The highest BCUT2D eigenvalue weighted by Crippen LogP contribution is 2.24. The molecular weight excluding hydrogens is 219 g/mol. The van der Waals surface area contributed by atoms with Crippen molar-refractivity contribution in [1.29, 1.82) is 0 Å². The van der Waals surface area contributed by atoms with E-state index in [1.807, 2.05) is 0 Å². The fourth-order valence-corrected chi connectivity index (χ4v) is 1.08. The van der Waals surface area contributed by atoms with Gasteiger partial charge in [0, 0.05) is 0 Å². The van der Waals surface area contributed by atoms with Crippen LogP contribution in [0.15, 0.2) is 6.07 Å². The molecule has 2 nitrogen and oxygen atoms in total. The summed E-state index contributed by atoms with van der Waals surface area (Å²) in [5.41, 5.74) is 4.29. The van der Waals surface area contributed by atoms with Crippen LogP contribution in [0.1, 0.15) is 10.4 Å². The summed E-state index contributed by atoms with van der Waals surface area (Å²) >= 11 is 5.11. The van der Waals surface area contributed by atoms with Crippen LogP contribution in [-0.4, -0.2) is 12.3 Å². The number of ketones is 1. The average molecular weight is 224 g/mol. The molecule has 1 aromatic carbocycles. The number of hydrogen-bond acceptors (Lipinski definition) is 2. The van der Waals surface area contributed by atoms with Crippen molar-refractivity contribution in [3.8, 4) is 0 Å². The van der Waals surface area contributed by atoms with Crippen molar-refractivity contribution < 1.29 is 18.0 Å².